The van der Waals surface area contributed by atoms with Gasteiger partial charge in [0.15, 0.2) is 0 Å². The van der Waals surface area contributed by atoms with Crippen molar-refractivity contribution in [3.05, 3.63) is 18.2 Å². The van der Waals surface area contributed by atoms with Gasteiger partial charge in [-0.25, -0.2) is 0 Å². The van der Waals surface area contributed by atoms with Crippen LogP contribution in [0.4, 0.5) is 5.69 Å². The molecule has 3 N–H and O–H groups in total. The molecule has 0 heterocycles. The number of methoxy groups -OCH3 is 3. The monoisotopic (exact) mass is 254 g/mol. The fraction of sp³-hybridized carbons (Fsp3) is 0.417. The van der Waals surface area contributed by atoms with Crippen molar-refractivity contribution in [2.75, 3.05) is 33.3 Å². The molecule has 0 fully saturated rings. The minimum absolute atomic E-state index is 0.151. The second-order valence-corrected chi connectivity index (χ2v) is 3.62. The van der Waals surface area contributed by atoms with Gasteiger partial charge in [0.05, 0.1) is 26.5 Å². The standard InChI is InChI=1S/C12H18N2O4/c1-16-7-9(13)12(15)14-10-6-8(17-2)4-5-11(10)18-3/h4-6,9H,7,13H2,1-3H3,(H,14,15). The fourth-order valence-corrected chi connectivity index (χ4v) is 1.39. The summed E-state index contributed by atoms with van der Waals surface area (Å²) in [5.74, 6) is 0.809. The van der Waals surface area contributed by atoms with Crippen LogP contribution in [0.25, 0.3) is 0 Å². The van der Waals surface area contributed by atoms with Crippen LogP contribution in [0.5, 0.6) is 11.5 Å². The van der Waals surface area contributed by atoms with E-state index >= 15 is 0 Å². The van der Waals surface area contributed by atoms with Gasteiger partial charge in [0.2, 0.25) is 5.91 Å². The topological polar surface area (TPSA) is 82.8 Å². The van der Waals surface area contributed by atoms with Crippen molar-refractivity contribution in [2.24, 2.45) is 5.73 Å². The number of hydrogen-bond donors (Lipinski definition) is 2. The number of benzene rings is 1. The number of nitrogens with one attached hydrogen (secondary N) is 1. The van der Waals surface area contributed by atoms with Crippen LogP contribution in [-0.4, -0.2) is 39.9 Å². The van der Waals surface area contributed by atoms with E-state index in [9.17, 15) is 4.79 Å². The number of hydrogen-bond acceptors (Lipinski definition) is 5. The lowest BCUT2D eigenvalue weighted by Crippen LogP contribution is -2.39. The van der Waals surface area contributed by atoms with Gasteiger partial charge in [-0.3, -0.25) is 4.79 Å². The van der Waals surface area contributed by atoms with Crippen LogP contribution >= 0.6 is 0 Å². The first-order chi connectivity index (χ1) is 8.62. The van der Waals surface area contributed by atoms with E-state index in [-0.39, 0.29) is 12.5 Å². The molecule has 1 aromatic carbocycles. The predicted octanol–water partition coefficient (Wildman–Crippen LogP) is 0.616. The van der Waals surface area contributed by atoms with Crippen molar-refractivity contribution in [3.63, 3.8) is 0 Å². The second-order valence-electron chi connectivity index (χ2n) is 3.62. The number of carbonyl (C=O) groups is 1. The van der Waals surface area contributed by atoms with Crippen molar-refractivity contribution in [3.8, 4) is 11.5 Å². The lowest BCUT2D eigenvalue weighted by Gasteiger charge is -2.14. The third kappa shape index (κ3) is 3.61. The summed E-state index contributed by atoms with van der Waals surface area (Å²) in [6.07, 6.45) is 0. The summed E-state index contributed by atoms with van der Waals surface area (Å²) in [4.78, 5) is 11.8. The largest absolute Gasteiger partial charge is 0.497 e. The Morgan fingerprint density at radius 1 is 1.33 bits per heavy atom. The van der Waals surface area contributed by atoms with E-state index in [1.165, 1.54) is 14.2 Å². The number of ether oxygens (including phenoxy) is 3. The van der Waals surface area contributed by atoms with E-state index in [1.54, 1.807) is 25.3 Å². The lowest BCUT2D eigenvalue weighted by atomic mass is 10.2. The Morgan fingerprint density at radius 3 is 2.61 bits per heavy atom. The molecule has 1 aromatic rings. The average molecular weight is 254 g/mol. The second kappa shape index (κ2) is 6.83. The first kappa shape index (κ1) is 14.3. The van der Waals surface area contributed by atoms with Crippen LogP contribution in [0.1, 0.15) is 0 Å². The van der Waals surface area contributed by atoms with Crippen molar-refractivity contribution in [1.82, 2.24) is 0 Å². The van der Waals surface area contributed by atoms with Gasteiger partial charge in [0.25, 0.3) is 0 Å². The Labute approximate surface area is 106 Å². The highest BCUT2D eigenvalue weighted by Crippen LogP contribution is 2.28. The smallest absolute Gasteiger partial charge is 0.243 e. The zero-order valence-corrected chi connectivity index (χ0v) is 10.7. The highest BCUT2D eigenvalue weighted by atomic mass is 16.5. The molecule has 6 nitrogen and oxygen atoms in total. The molecule has 0 bridgehead atoms. The van der Waals surface area contributed by atoms with Gasteiger partial charge in [-0.15, -0.1) is 0 Å². The molecule has 100 valence electrons. The summed E-state index contributed by atoms with van der Waals surface area (Å²) < 4.78 is 15.0. The maximum atomic E-state index is 11.8. The minimum atomic E-state index is -0.731. The highest BCUT2D eigenvalue weighted by molar-refractivity contribution is 5.96. The maximum Gasteiger partial charge on any atom is 0.243 e. The molecule has 0 saturated carbocycles. The quantitative estimate of drug-likeness (QED) is 0.777. The molecule has 0 aliphatic rings. The Bertz CT molecular complexity index is 409. The minimum Gasteiger partial charge on any atom is -0.497 e. The molecule has 6 heteroatoms. The van der Waals surface area contributed by atoms with E-state index in [0.717, 1.165) is 0 Å². The Hall–Kier alpha value is -1.79. The number of anilines is 1. The average Bonchev–Trinajstić information content (AvgIpc) is 2.38. The highest BCUT2D eigenvalue weighted by Gasteiger charge is 2.15. The summed E-state index contributed by atoms with van der Waals surface area (Å²) in [5, 5.41) is 2.67. The molecule has 0 spiro atoms. The SMILES string of the molecule is COCC(N)C(=O)Nc1cc(OC)ccc1OC. The first-order valence-electron chi connectivity index (χ1n) is 5.39. The summed E-state index contributed by atoms with van der Waals surface area (Å²) in [6, 6.07) is 4.38. The Kier molecular flexibility index (Phi) is 5.41. The van der Waals surface area contributed by atoms with Gasteiger partial charge in [-0.1, -0.05) is 0 Å². The third-order valence-corrected chi connectivity index (χ3v) is 2.35. The van der Waals surface area contributed by atoms with E-state index < -0.39 is 6.04 Å². The van der Waals surface area contributed by atoms with Gasteiger partial charge in [0, 0.05) is 13.2 Å². The first-order valence-corrected chi connectivity index (χ1v) is 5.39. The number of nitrogens with two attached hydrogens (primary N) is 1. The van der Waals surface area contributed by atoms with Crippen LogP contribution < -0.4 is 20.5 Å². The molecule has 0 aliphatic carbocycles. The fourth-order valence-electron chi connectivity index (χ4n) is 1.39. The molecule has 1 unspecified atom stereocenters. The Balaban J connectivity index is 2.84. The molecule has 0 aliphatic heterocycles. The molecule has 0 aromatic heterocycles. The van der Waals surface area contributed by atoms with Gasteiger partial charge < -0.3 is 25.3 Å². The molecule has 0 saturated heterocycles. The van der Waals surface area contributed by atoms with Crippen molar-refractivity contribution in [1.29, 1.82) is 0 Å². The van der Waals surface area contributed by atoms with Gasteiger partial charge in [-0.05, 0) is 12.1 Å². The van der Waals surface area contributed by atoms with Crippen LogP contribution in [0.2, 0.25) is 0 Å². The van der Waals surface area contributed by atoms with Gasteiger partial charge in [0.1, 0.15) is 17.5 Å². The zero-order valence-electron chi connectivity index (χ0n) is 10.7. The summed E-state index contributed by atoms with van der Waals surface area (Å²) in [7, 11) is 4.55. The Morgan fingerprint density at radius 2 is 2.06 bits per heavy atom. The maximum absolute atomic E-state index is 11.8. The summed E-state index contributed by atoms with van der Waals surface area (Å²) in [6.45, 7) is 0.151. The molecule has 1 rings (SSSR count). The van der Waals surface area contributed by atoms with Crippen LogP contribution in [0.15, 0.2) is 18.2 Å². The number of carbonyl (C=O) groups excluding carboxylic acids is 1. The third-order valence-electron chi connectivity index (χ3n) is 2.35. The number of rotatable bonds is 6. The lowest BCUT2D eigenvalue weighted by molar-refractivity contribution is -0.118. The molecular weight excluding hydrogens is 236 g/mol. The zero-order chi connectivity index (χ0) is 13.5. The molecule has 1 amide bonds. The molecule has 18 heavy (non-hydrogen) atoms. The van der Waals surface area contributed by atoms with Crippen LogP contribution in [0, 0.1) is 0 Å². The van der Waals surface area contributed by atoms with Gasteiger partial charge >= 0.3 is 0 Å². The van der Waals surface area contributed by atoms with Crippen molar-refractivity contribution < 1.29 is 19.0 Å². The van der Waals surface area contributed by atoms with Crippen LogP contribution in [-0.2, 0) is 9.53 Å². The summed E-state index contributed by atoms with van der Waals surface area (Å²) in [5.41, 5.74) is 6.14. The van der Waals surface area contributed by atoms with Crippen molar-refractivity contribution >= 4 is 11.6 Å². The molecule has 1 atom stereocenters. The molecular formula is C12H18N2O4. The van der Waals surface area contributed by atoms with E-state index in [1.807, 2.05) is 0 Å². The molecule has 0 radical (unpaired) electrons. The van der Waals surface area contributed by atoms with E-state index in [4.69, 9.17) is 19.9 Å². The van der Waals surface area contributed by atoms with Crippen molar-refractivity contribution in [2.45, 2.75) is 6.04 Å². The van der Waals surface area contributed by atoms with E-state index in [2.05, 4.69) is 5.32 Å². The normalized spacial score (nSPS) is 11.8. The van der Waals surface area contributed by atoms with E-state index in [0.29, 0.717) is 17.2 Å². The predicted molar refractivity (Wildman–Crippen MR) is 68.0 cm³/mol. The van der Waals surface area contributed by atoms with Crippen LogP contribution in [0.3, 0.4) is 0 Å². The van der Waals surface area contributed by atoms with Gasteiger partial charge in [-0.2, -0.15) is 0 Å². The number of amides is 1. The summed E-state index contributed by atoms with van der Waals surface area (Å²) >= 11 is 0.